The van der Waals surface area contributed by atoms with Crippen LogP contribution in [0.15, 0.2) is 0 Å². The minimum absolute atomic E-state index is 0.324. The second kappa shape index (κ2) is 7.27. The van der Waals surface area contributed by atoms with E-state index in [1.54, 1.807) is 0 Å². The molecule has 3 atom stereocenters. The van der Waals surface area contributed by atoms with Crippen molar-refractivity contribution in [2.75, 3.05) is 6.16 Å². The van der Waals surface area contributed by atoms with Crippen molar-refractivity contribution in [1.82, 2.24) is 0 Å². The second-order valence-electron chi connectivity index (χ2n) is 4.87. The molecule has 100 valence electrons. The molecule has 1 saturated carbocycles. The fourth-order valence-electron chi connectivity index (χ4n) is 2.68. The van der Waals surface area contributed by atoms with Crippen LogP contribution in [0.5, 0.6) is 0 Å². The Labute approximate surface area is 103 Å². The van der Waals surface area contributed by atoms with Crippen LogP contribution < -0.4 is 5.73 Å². The van der Waals surface area contributed by atoms with Crippen molar-refractivity contribution in [1.29, 1.82) is 0 Å². The summed E-state index contributed by atoms with van der Waals surface area (Å²) in [6.07, 6.45) is 6.06. The molecule has 0 aromatic carbocycles. The van der Waals surface area contributed by atoms with Gasteiger partial charge < -0.3 is 20.6 Å². The molecule has 0 saturated heterocycles. The van der Waals surface area contributed by atoms with Gasteiger partial charge in [-0.05, 0) is 24.7 Å². The summed E-state index contributed by atoms with van der Waals surface area (Å²) in [5.74, 6) is -0.218. The Bertz CT molecular complexity index is 250. The lowest BCUT2D eigenvalue weighted by Gasteiger charge is -2.32. The van der Waals surface area contributed by atoms with Crippen molar-refractivity contribution in [2.45, 2.75) is 44.6 Å². The molecule has 3 unspecified atom stereocenters. The summed E-state index contributed by atoms with van der Waals surface area (Å²) < 4.78 is 0. The molecule has 6 heteroatoms. The Balaban J connectivity index is 2.44. The first-order valence-corrected chi connectivity index (χ1v) is 7.57. The number of aliphatic carboxylic acids is 1. The minimum Gasteiger partial charge on any atom is -0.480 e. The molecular formula is C11H22NO4P. The first kappa shape index (κ1) is 14.8. The topological polar surface area (TPSA) is 104 Å². The molecular weight excluding hydrogens is 241 g/mol. The van der Waals surface area contributed by atoms with Gasteiger partial charge >= 0.3 is 5.97 Å². The van der Waals surface area contributed by atoms with Gasteiger partial charge in [-0.3, -0.25) is 4.79 Å². The van der Waals surface area contributed by atoms with E-state index >= 15 is 0 Å². The number of carboxylic acid groups (broad SMARTS) is 1. The largest absolute Gasteiger partial charge is 0.480 e. The predicted molar refractivity (Wildman–Crippen MR) is 66.5 cm³/mol. The van der Waals surface area contributed by atoms with Crippen LogP contribution in [0.4, 0.5) is 0 Å². The van der Waals surface area contributed by atoms with Crippen LogP contribution in [0.2, 0.25) is 0 Å². The summed E-state index contributed by atoms with van der Waals surface area (Å²) in [4.78, 5) is 28.6. The second-order valence-corrected chi connectivity index (χ2v) is 6.06. The first-order valence-electron chi connectivity index (χ1n) is 6.14. The summed E-state index contributed by atoms with van der Waals surface area (Å²) in [6.45, 7) is 0. The van der Waals surface area contributed by atoms with E-state index in [1.165, 1.54) is 0 Å². The Morgan fingerprint density at radius 1 is 1.29 bits per heavy atom. The fourth-order valence-corrected chi connectivity index (χ4v) is 3.25. The lowest BCUT2D eigenvalue weighted by atomic mass is 9.75. The standard InChI is InChI=1S/C11H22NO4P/c12-10(11(13)14)7-9-4-2-1-3-8(9)5-6-17(15)16/h8-10,15-16H,1-7,12H2,(H,13,14). The number of nitrogens with two attached hydrogens (primary N) is 1. The molecule has 5 N–H and O–H groups in total. The smallest absolute Gasteiger partial charge is 0.320 e. The van der Waals surface area contributed by atoms with Gasteiger partial charge in [0.15, 0.2) is 8.38 Å². The average Bonchev–Trinajstić information content (AvgIpc) is 2.27. The third-order valence-corrected chi connectivity index (χ3v) is 4.30. The lowest BCUT2D eigenvalue weighted by molar-refractivity contribution is -0.139. The van der Waals surface area contributed by atoms with Crippen LogP contribution in [0, 0.1) is 11.8 Å². The maximum Gasteiger partial charge on any atom is 0.320 e. The summed E-state index contributed by atoms with van der Waals surface area (Å²) in [5, 5.41) is 8.82. The molecule has 0 aromatic heterocycles. The van der Waals surface area contributed by atoms with E-state index in [-0.39, 0.29) is 0 Å². The van der Waals surface area contributed by atoms with Crippen molar-refractivity contribution in [3.63, 3.8) is 0 Å². The van der Waals surface area contributed by atoms with Gasteiger partial charge in [0, 0.05) is 6.16 Å². The zero-order valence-corrected chi connectivity index (χ0v) is 10.9. The Kier molecular flexibility index (Phi) is 6.34. The van der Waals surface area contributed by atoms with Gasteiger partial charge in [-0.1, -0.05) is 25.7 Å². The van der Waals surface area contributed by atoms with E-state index in [9.17, 15) is 4.79 Å². The highest BCUT2D eigenvalue weighted by Gasteiger charge is 2.28. The highest BCUT2D eigenvalue weighted by molar-refractivity contribution is 7.45. The van der Waals surface area contributed by atoms with Gasteiger partial charge in [0.25, 0.3) is 0 Å². The van der Waals surface area contributed by atoms with Crippen LogP contribution in [0.1, 0.15) is 38.5 Å². The van der Waals surface area contributed by atoms with Crippen LogP contribution in [-0.2, 0) is 4.79 Å². The summed E-state index contributed by atoms with van der Waals surface area (Å²) in [5.41, 5.74) is 5.57. The number of carboxylic acids is 1. The molecule has 0 radical (unpaired) electrons. The zero-order chi connectivity index (χ0) is 12.8. The van der Waals surface area contributed by atoms with Crippen LogP contribution in [-0.4, -0.2) is 33.1 Å². The normalized spacial score (nSPS) is 27.1. The van der Waals surface area contributed by atoms with Gasteiger partial charge in [-0.25, -0.2) is 0 Å². The van der Waals surface area contributed by atoms with Gasteiger partial charge in [0.2, 0.25) is 0 Å². The minimum atomic E-state index is -1.82. The molecule has 1 aliphatic carbocycles. The quantitative estimate of drug-likeness (QED) is 0.540. The SMILES string of the molecule is NC(CC1CCCCC1CCP(O)O)C(=O)O. The fraction of sp³-hybridized carbons (Fsp3) is 0.909. The maximum atomic E-state index is 10.7. The van der Waals surface area contributed by atoms with E-state index in [0.717, 1.165) is 32.1 Å². The molecule has 0 spiro atoms. The van der Waals surface area contributed by atoms with Crippen LogP contribution in [0.25, 0.3) is 0 Å². The molecule has 17 heavy (non-hydrogen) atoms. The Morgan fingerprint density at radius 3 is 2.41 bits per heavy atom. The van der Waals surface area contributed by atoms with Crippen molar-refractivity contribution in [2.24, 2.45) is 17.6 Å². The zero-order valence-electron chi connectivity index (χ0n) is 9.96. The van der Waals surface area contributed by atoms with E-state index < -0.39 is 20.4 Å². The van der Waals surface area contributed by atoms with E-state index in [4.69, 9.17) is 20.6 Å². The molecule has 1 rings (SSSR count). The third kappa shape index (κ3) is 5.30. The average molecular weight is 263 g/mol. The molecule has 1 fully saturated rings. The van der Waals surface area contributed by atoms with Crippen LogP contribution >= 0.6 is 8.38 Å². The summed E-state index contributed by atoms with van der Waals surface area (Å²) >= 11 is 0. The first-order chi connectivity index (χ1) is 8.00. The molecule has 0 amide bonds. The van der Waals surface area contributed by atoms with Crippen molar-refractivity contribution < 1.29 is 19.7 Å². The highest BCUT2D eigenvalue weighted by Crippen LogP contribution is 2.38. The number of hydrogen-bond acceptors (Lipinski definition) is 4. The van der Waals surface area contributed by atoms with E-state index in [2.05, 4.69) is 0 Å². The number of hydrogen-bond donors (Lipinski definition) is 4. The van der Waals surface area contributed by atoms with Gasteiger partial charge in [-0.2, -0.15) is 0 Å². The van der Waals surface area contributed by atoms with Gasteiger partial charge in [-0.15, -0.1) is 0 Å². The number of carbonyl (C=O) groups is 1. The molecule has 0 aliphatic heterocycles. The third-order valence-electron chi connectivity index (χ3n) is 3.64. The maximum absolute atomic E-state index is 10.7. The Hall–Kier alpha value is -0.220. The summed E-state index contributed by atoms with van der Waals surface area (Å²) in [7, 11) is -1.82. The molecule has 0 aromatic rings. The monoisotopic (exact) mass is 263 g/mol. The molecule has 1 aliphatic rings. The lowest BCUT2D eigenvalue weighted by Crippen LogP contribution is -2.35. The number of rotatable bonds is 6. The van der Waals surface area contributed by atoms with E-state index in [0.29, 0.717) is 24.4 Å². The van der Waals surface area contributed by atoms with Gasteiger partial charge in [0.1, 0.15) is 6.04 Å². The van der Waals surface area contributed by atoms with Crippen molar-refractivity contribution in [3.05, 3.63) is 0 Å². The Morgan fingerprint density at radius 2 is 1.88 bits per heavy atom. The van der Waals surface area contributed by atoms with E-state index in [1.807, 2.05) is 0 Å². The van der Waals surface area contributed by atoms with Gasteiger partial charge in [0.05, 0.1) is 0 Å². The molecule has 0 heterocycles. The predicted octanol–water partition coefficient (Wildman–Crippen LogP) is 1.28. The summed E-state index contributed by atoms with van der Waals surface area (Å²) in [6, 6.07) is -0.787. The highest BCUT2D eigenvalue weighted by atomic mass is 31.2. The molecule has 5 nitrogen and oxygen atoms in total. The van der Waals surface area contributed by atoms with Crippen molar-refractivity contribution >= 4 is 14.3 Å². The van der Waals surface area contributed by atoms with Crippen molar-refractivity contribution in [3.8, 4) is 0 Å². The molecule has 0 bridgehead atoms. The van der Waals surface area contributed by atoms with Crippen LogP contribution in [0.3, 0.4) is 0 Å².